The van der Waals surface area contributed by atoms with E-state index in [0.29, 0.717) is 4.31 Å². The lowest BCUT2D eigenvalue weighted by atomic mass is 10.2. The molecular formula is C12H11N3O4S. The van der Waals surface area contributed by atoms with Gasteiger partial charge >= 0.3 is 0 Å². The van der Waals surface area contributed by atoms with Crippen LogP contribution in [0.25, 0.3) is 0 Å². The molecule has 8 heteroatoms. The quantitative estimate of drug-likeness (QED) is 0.777. The molecule has 104 valence electrons. The summed E-state index contributed by atoms with van der Waals surface area (Å²) in [6.45, 7) is -0.467. The molecule has 0 fully saturated rings. The zero-order valence-electron chi connectivity index (χ0n) is 10.4. The predicted molar refractivity (Wildman–Crippen MR) is 67.9 cm³/mol. The summed E-state index contributed by atoms with van der Waals surface area (Å²) in [5, 5.41) is 10.7. The summed E-state index contributed by atoms with van der Waals surface area (Å²) in [6.07, 6.45) is 0.118. The highest BCUT2D eigenvalue weighted by Crippen LogP contribution is 2.29. The van der Waals surface area contributed by atoms with Gasteiger partial charge in [-0.05, 0) is 12.1 Å². The third-order valence-electron chi connectivity index (χ3n) is 2.76. The standard InChI is InChI=1S/C12H11N3O4S/c13-6-3-7-14-11(16)8-15-12(17)9-4-1-2-5-10(9)20(15,18)19/h1-2,4-5H,3,7-8H2,(H,14,16). The smallest absolute Gasteiger partial charge is 0.269 e. The van der Waals surface area contributed by atoms with Crippen LogP contribution in [0.15, 0.2) is 29.2 Å². The van der Waals surface area contributed by atoms with Crippen LogP contribution in [0.1, 0.15) is 16.8 Å². The van der Waals surface area contributed by atoms with E-state index in [1.54, 1.807) is 6.07 Å². The van der Waals surface area contributed by atoms with Crippen molar-refractivity contribution in [3.05, 3.63) is 29.8 Å². The van der Waals surface area contributed by atoms with Crippen LogP contribution in [0.2, 0.25) is 0 Å². The fourth-order valence-electron chi connectivity index (χ4n) is 1.83. The first-order chi connectivity index (χ1) is 9.48. The van der Waals surface area contributed by atoms with Crippen molar-refractivity contribution in [2.75, 3.05) is 13.1 Å². The molecule has 7 nitrogen and oxygen atoms in total. The SMILES string of the molecule is N#CCCNC(=O)CN1C(=O)c2ccccc2S1(=O)=O. The average molecular weight is 293 g/mol. The van der Waals surface area contributed by atoms with E-state index in [9.17, 15) is 18.0 Å². The number of nitrogens with zero attached hydrogens (tertiary/aromatic N) is 2. The molecule has 1 aromatic carbocycles. The Bertz CT molecular complexity index is 706. The van der Waals surface area contributed by atoms with E-state index < -0.39 is 28.4 Å². The fourth-order valence-corrected chi connectivity index (χ4v) is 3.36. The van der Waals surface area contributed by atoms with Crippen molar-refractivity contribution in [1.29, 1.82) is 5.26 Å². The molecule has 0 aliphatic carbocycles. The molecule has 0 aromatic heterocycles. The number of hydrogen-bond donors (Lipinski definition) is 1. The maximum absolute atomic E-state index is 12.1. The van der Waals surface area contributed by atoms with Crippen LogP contribution >= 0.6 is 0 Å². The molecule has 0 unspecified atom stereocenters. The summed E-state index contributed by atoms with van der Waals surface area (Å²) in [6, 6.07) is 7.65. The van der Waals surface area contributed by atoms with Crippen LogP contribution < -0.4 is 5.32 Å². The zero-order valence-corrected chi connectivity index (χ0v) is 11.2. The normalized spacial score (nSPS) is 15.6. The second-order valence-electron chi connectivity index (χ2n) is 4.07. The number of amides is 2. The summed E-state index contributed by atoms with van der Waals surface area (Å²) in [5.74, 6) is -1.33. The molecule has 1 heterocycles. The van der Waals surface area contributed by atoms with E-state index in [1.807, 2.05) is 6.07 Å². The minimum atomic E-state index is -3.96. The minimum Gasteiger partial charge on any atom is -0.353 e. The third-order valence-corrected chi connectivity index (χ3v) is 4.55. The van der Waals surface area contributed by atoms with Gasteiger partial charge in [0.05, 0.1) is 18.1 Å². The van der Waals surface area contributed by atoms with E-state index in [2.05, 4.69) is 5.32 Å². The van der Waals surface area contributed by atoms with Gasteiger partial charge in [-0.1, -0.05) is 12.1 Å². The molecule has 0 radical (unpaired) electrons. The highest BCUT2D eigenvalue weighted by atomic mass is 32.2. The van der Waals surface area contributed by atoms with Gasteiger partial charge in [0.25, 0.3) is 15.9 Å². The molecule has 1 aliphatic heterocycles. The summed E-state index contributed by atoms with van der Waals surface area (Å²) in [5.41, 5.74) is 0.0670. The molecular weight excluding hydrogens is 282 g/mol. The molecule has 1 aromatic rings. The first-order valence-corrected chi connectivity index (χ1v) is 7.22. The van der Waals surface area contributed by atoms with Crippen LogP contribution in [0.4, 0.5) is 0 Å². The number of rotatable bonds is 4. The van der Waals surface area contributed by atoms with Crippen molar-refractivity contribution in [1.82, 2.24) is 9.62 Å². The lowest BCUT2D eigenvalue weighted by Gasteiger charge is -2.14. The number of carbonyl (C=O) groups is 2. The Kier molecular flexibility index (Phi) is 3.72. The number of nitrogens with one attached hydrogen (secondary N) is 1. The van der Waals surface area contributed by atoms with E-state index in [-0.39, 0.29) is 23.4 Å². The van der Waals surface area contributed by atoms with Crippen molar-refractivity contribution in [2.45, 2.75) is 11.3 Å². The molecule has 0 saturated carbocycles. The first kappa shape index (κ1) is 14.0. The monoisotopic (exact) mass is 293 g/mol. The lowest BCUT2D eigenvalue weighted by molar-refractivity contribution is -0.120. The third kappa shape index (κ3) is 2.35. The van der Waals surface area contributed by atoms with Crippen LogP contribution in [0, 0.1) is 11.3 Å². The van der Waals surface area contributed by atoms with Gasteiger partial charge < -0.3 is 5.32 Å². The van der Waals surface area contributed by atoms with Gasteiger partial charge in [0.15, 0.2) is 0 Å². The van der Waals surface area contributed by atoms with Crippen LogP contribution in [-0.4, -0.2) is 37.6 Å². The van der Waals surface area contributed by atoms with Gasteiger partial charge in [0, 0.05) is 6.54 Å². The molecule has 0 atom stereocenters. The molecule has 2 rings (SSSR count). The Balaban J connectivity index is 2.18. The summed E-state index contributed by atoms with van der Waals surface area (Å²) in [4.78, 5) is 23.5. The number of carbonyl (C=O) groups excluding carboxylic acids is 2. The summed E-state index contributed by atoms with van der Waals surface area (Å²) >= 11 is 0. The first-order valence-electron chi connectivity index (χ1n) is 5.78. The number of hydrogen-bond acceptors (Lipinski definition) is 5. The fraction of sp³-hybridized carbons (Fsp3) is 0.250. The van der Waals surface area contributed by atoms with Crippen LogP contribution in [0.3, 0.4) is 0 Å². The Hall–Kier alpha value is -2.40. The van der Waals surface area contributed by atoms with E-state index in [1.165, 1.54) is 18.2 Å². The maximum Gasteiger partial charge on any atom is 0.269 e. The van der Waals surface area contributed by atoms with Crippen molar-refractivity contribution in [3.8, 4) is 6.07 Å². The Morgan fingerprint density at radius 3 is 2.70 bits per heavy atom. The molecule has 20 heavy (non-hydrogen) atoms. The van der Waals surface area contributed by atoms with Crippen molar-refractivity contribution in [3.63, 3.8) is 0 Å². The van der Waals surface area contributed by atoms with Gasteiger partial charge in [-0.3, -0.25) is 9.59 Å². The number of sulfonamides is 1. The minimum absolute atomic E-state index is 0.0670. The van der Waals surface area contributed by atoms with Crippen LogP contribution in [0.5, 0.6) is 0 Å². The Morgan fingerprint density at radius 1 is 1.35 bits per heavy atom. The van der Waals surface area contributed by atoms with Gasteiger partial charge in [-0.2, -0.15) is 5.26 Å². The van der Waals surface area contributed by atoms with Crippen molar-refractivity contribution >= 4 is 21.8 Å². The highest BCUT2D eigenvalue weighted by Gasteiger charge is 2.41. The number of nitriles is 1. The molecule has 2 amide bonds. The van der Waals surface area contributed by atoms with Gasteiger partial charge in [0.1, 0.15) is 11.4 Å². The Labute approximate surface area is 115 Å². The molecule has 1 aliphatic rings. The number of fused-ring (bicyclic) bond motifs is 1. The van der Waals surface area contributed by atoms with E-state index >= 15 is 0 Å². The van der Waals surface area contributed by atoms with E-state index in [0.717, 1.165) is 0 Å². The second kappa shape index (κ2) is 5.30. The molecule has 0 spiro atoms. The topological polar surface area (TPSA) is 107 Å². The molecule has 1 N–H and O–H groups in total. The largest absolute Gasteiger partial charge is 0.353 e. The number of benzene rings is 1. The van der Waals surface area contributed by atoms with Gasteiger partial charge in [0.2, 0.25) is 5.91 Å². The van der Waals surface area contributed by atoms with Crippen molar-refractivity contribution < 1.29 is 18.0 Å². The van der Waals surface area contributed by atoms with Crippen LogP contribution in [-0.2, 0) is 14.8 Å². The highest BCUT2D eigenvalue weighted by molar-refractivity contribution is 7.90. The van der Waals surface area contributed by atoms with Gasteiger partial charge in [-0.15, -0.1) is 0 Å². The second-order valence-corrected chi connectivity index (χ2v) is 5.90. The predicted octanol–water partition coefficient (Wildman–Crippen LogP) is -0.139. The Morgan fingerprint density at radius 2 is 2.05 bits per heavy atom. The summed E-state index contributed by atoms with van der Waals surface area (Å²) in [7, 11) is -3.96. The van der Waals surface area contributed by atoms with E-state index in [4.69, 9.17) is 5.26 Å². The maximum atomic E-state index is 12.1. The molecule has 0 saturated heterocycles. The van der Waals surface area contributed by atoms with Gasteiger partial charge in [-0.25, -0.2) is 12.7 Å². The van der Waals surface area contributed by atoms with Crippen molar-refractivity contribution in [2.24, 2.45) is 0 Å². The zero-order chi connectivity index (χ0) is 14.8. The molecule has 0 bridgehead atoms. The lowest BCUT2D eigenvalue weighted by Crippen LogP contribution is -2.40. The average Bonchev–Trinajstić information content (AvgIpc) is 2.61. The summed E-state index contributed by atoms with van der Waals surface area (Å²) < 4.78 is 24.8.